The molecule has 2 rings (SSSR count). The maximum Gasteiger partial charge on any atom is 0.410 e. The lowest BCUT2D eigenvalue weighted by atomic mass is 10.1. The second-order valence-electron chi connectivity index (χ2n) is 7.91. The van der Waals surface area contributed by atoms with Gasteiger partial charge in [0, 0.05) is 26.2 Å². The van der Waals surface area contributed by atoms with Gasteiger partial charge in [-0.05, 0) is 26.2 Å². The van der Waals surface area contributed by atoms with E-state index in [9.17, 15) is 19.5 Å². The summed E-state index contributed by atoms with van der Waals surface area (Å²) in [6, 6.07) is 0. The third-order valence-electron chi connectivity index (χ3n) is 4.60. The summed E-state index contributed by atoms with van der Waals surface area (Å²) in [5, 5.41) is 9.19. The first-order valence-electron chi connectivity index (χ1n) is 7.94. The molecule has 2 fully saturated rings. The molecule has 1 saturated carbocycles. The molecule has 7 heteroatoms. The molecule has 0 aromatic carbocycles. The Morgan fingerprint density at radius 2 is 1.48 bits per heavy atom. The Morgan fingerprint density at radius 3 is 1.87 bits per heavy atom. The van der Waals surface area contributed by atoms with Gasteiger partial charge >= 0.3 is 12.1 Å². The highest BCUT2D eigenvalue weighted by Crippen LogP contribution is 2.59. The summed E-state index contributed by atoms with van der Waals surface area (Å²) < 4.78 is 5.32. The van der Waals surface area contributed by atoms with Crippen molar-refractivity contribution >= 4 is 18.0 Å². The Labute approximate surface area is 136 Å². The van der Waals surface area contributed by atoms with Gasteiger partial charge in [0.1, 0.15) is 5.60 Å². The molecule has 1 N–H and O–H groups in total. The van der Waals surface area contributed by atoms with Crippen LogP contribution >= 0.6 is 0 Å². The topological polar surface area (TPSA) is 87.2 Å². The number of rotatable bonds is 2. The molecule has 7 nitrogen and oxygen atoms in total. The number of aliphatic carboxylic acids is 1. The molecule has 0 aromatic rings. The van der Waals surface area contributed by atoms with Crippen LogP contribution in [0.3, 0.4) is 0 Å². The fraction of sp³-hybridized carbons (Fsp3) is 0.812. The number of ether oxygens (including phenoxy) is 1. The lowest BCUT2D eigenvalue weighted by Gasteiger charge is -2.36. The van der Waals surface area contributed by atoms with Crippen LogP contribution in [0.25, 0.3) is 0 Å². The van der Waals surface area contributed by atoms with E-state index in [2.05, 4.69) is 0 Å². The van der Waals surface area contributed by atoms with Gasteiger partial charge in [0.05, 0.1) is 11.8 Å². The van der Waals surface area contributed by atoms with Gasteiger partial charge in [-0.3, -0.25) is 9.59 Å². The van der Waals surface area contributed by atoms with Crippen molar-refractivity contribution in [1.82, 2.24) is 9.80 Å². The molecule has 23 heavy (non-hydrogen) atoms. The highest BCUT2D eigenvalue weighted by molar-refractivity contribution is 5.91. The van der Waals surface area contributed by atoms with Gasteiger partial charge in [-0.1, -0.05) is 13.8 Å². The van der Waals surface area contributed by atoms with Crippen LogP contribution in [0.15, 0.2) is 0 Å². The average molecular weight is 326 g/mol. The molecule has 1 heterocycles. The van der Waals surface area contributed by atoms with Crippen LogP contribution < -0.4 is 0 Å². The number of nitrogens with zero attached hydrogens (tertiary/aromatic N) is 2. The van der Waals surface area contributed by atoms with Crippen molar-refractivity contribution in [3.8, 4) is 0 Å². The summed E-state index contributed by atoms with van der Waals surface area (Å²) in [7, 11) is 0. The Kier molecular flexibility index (Phi) is 4.34. The predicted octanol–water partition coefficient (Wildman–Crippen LogP) is 1.42. The minimum absolute atomic E-state index is 0.119. The lowest BCUT2D eigenvalue weighted by molar-refractivity contribution is -0.142. The molecule has 0 unspecified atom stereocenters. The van der Waals surface area contributed by atoms with Gasteiger partial charge < -0.3 is 19.6 Å². The van der Waals surface area contributed by atoms with Crippen LogP contribution in [0.4, 0.5) is 4.79 Å². The van der Waals surface area contributed by atoms with Crippen LogP contribution in [0.2, 0.25) is 0 Å². The standard InChI is InChI=1S/C16H26N2O5/c1-15(2,3)23-14(22)18-8-6-17(7-9-18)12(19)10-11(13(20)21)16(10,4)5/h10-11H,6-9H2,1-5H3,(H,20,21)/t10-,11+/m0/s1. The zero-order chi connectivity index (χ0) is 17.6. The van der Waals surface area contributed by atoms with E-state index in [1.54, 1.807) is 9.80 Å². The van der Waals surface area contributed by atoms with Crippen LogP contribution in [0, 0.1) is 17.3 Å². The van der Waals surface area contributed by atoms with Crippen LogP contribution in [0.5, 0.6) is 0 Å². The van der Waals surface area contributed by atoms with Crippen molar-refractivity contribution in [2.24, 2.45) is 17.3 Å². The van der Waals surface area contributed by atoms with E-state index >= 15 is 0 Å². The second-order valence-corrected chi connectivity index (χ2v) is 7.91. The lowest BCUT2D eigenvalue weighted by Crippen LogP contribution is -2.52. The summed E-state index contributed by atoms with van der Waals surface area (Å²) in [6.45, 7) is 10.7. The molecule has 2 aliphatic rings. The first kappa shape index (κ1) is 17.6. The van der Waals surface area contributed by atoms with Crippen molar-refractivity contribution < 1.29 is 24.2 Å². The second kappa shape index (κ2) is 5.69. The van der Waals surface area contributed by atoms with Gasteiger partial charge in [-0.15, -0.1) is 0 Å². The number of carbonyl (C=O) groups is 3. The van der Waals surface area contributed by atoms with Gasteiger partial charge in [0.25, 0.3) is 0 Å². The number of amides is 2. The van der Waals surface area contributed by atoms with Crippen LogP contribution in [-0.2, 0) is 14.3 Å². The molecule has 1 saturated heterocycles. The van der Waals surface area contributed by atoms with Crippen molar-refractivity contribution in [2.75, 3.05) is 26.2 Å². The van der Waals surface area contributed by atoms with E-state index in [0.717, 1.165) is 0 Å². The van der Waals surface area contributed by atoms with Crippen molar-refractivity contribution in [1.29, 1.82) is 0 Å². The number of hydrogen-bond donors (Lipinski definition) is 1. The van der Waals surface area contributed by atoms with E-state index in [4.69, 9.17) is 4.74 Å². The maximum absolute atomic E-state index is 12.5. The quantitative estimate of drug-likeness (QED) is 0.829. The minimum atomic E-state index is -0.916. The van der Waals surface area contributed by atoms with Crippen molar-refractivity contribution in [2.45, 2.75) is 40.2 Å². The first-order valence-corrected chi connectivity index (χ1v) is 7.94. The SMILES string of the molecule is CC(C)(C)OC(=O)N1CCN(C(=O)[C@@H]2[C@H](C(=O)O)C2(C)C)CC1. The number of hydrogen-bond acceptors (Lipinski definition) is 4. The van der Waals surface area contributed by atoms with Gasteiger partial charge in [-0.2, -0.15) is 0 Å². The Balaban J connectivity index is 1.89. The molecule has 1 aliphatic heterocycles. The van der Waals surface area contributed by atoms with E-state index in [0.29, 0.717) is 26.2 Å². The minimum Gasteiger partial charge on any atom is -0.481 e. The van der Waals surface area contributed by atoms with E-state index in [1.165, 1.54) is 0 Å². The molecule has 2 amide bonds. The highest BCUT2D eigenvalue weighted by Gasteiger charge is 2.66. The smallest absolute Gasteiger partial charge is 0.410 e. The molecular formula is C16H26N2O5. The largest absolute Gasteiger partial charge is 0.481 e. The number of carboxylic acids is 1. The summed E-state index contributed by atoms with van der Waals surface area (Å²) in [5.41, 5.74) is -1.04. The molecule has 130 valence electrons. The maximum atomic E-state index is 12.5. The van der Waals surface area contributed by atoms with Crippen molar-refractivity contribution in [3.05, 3.63) is 0 Å². The normalized spacial score (nSPS) is 26.7. The third kappa shape index (κ3) is 3.59. The Hall–Kier alpha value is -1.79. The predicted molar refractivity (Wildman–Crippen MR) is 82.8 cm³/mol. The fourth-order valence-electron chi connectivity index (χ4n) is 3.19. The molecule has 0 radical (unpaired) electrons. The molecule has 0 spiro atoms. The summed E-state index contributed by atoms with van der Waals surface area (Å²) >= 11 is 0. The number of carbonyl (C=O) groups excluding carboxylic acids is 2. The third-order valence-corrected chi connectivity index (χ3v) is 4.60. The van der Waals surface area contributed by atoms with Gasteiger partial charge in [-0.25, -0.2) is 4.79 Å². The van der Waals surface area contributed by atoms with Gasteiger partial charge in [0.15, 0.2) is 0 Å². The van der Waals surface area contributed by atoms with E-state index in [1.807, 2.05) is 34.6 Å². The van der Waals surface area contributed by atoms with Crippen molar-refractivity contribution in [3.63, 3.8) is 0 Å². The molecule has 1 aliphatic carbocycles. The monoisotopic (exact) mass is 326 g/mol. The highest BCUT2D eigenvalue weighted by atomic mass is 16.6. The van der Waals surface area contributed by atoms with E-state index in [-0.39, 0.29) is 12.0 Å². The zero-order valence-electron chi connectivity index (χ0n) is 14.5. The first-order chi connectivity index (χ1) is 10.4. The number of carboxylic acid groups (broad SMARTS) is 1. The molecule has 2 atom stereocenters. The Bertz CT molecular complexity index is 515. The molecule has 0 aromatic heterocycles. The van der Waals surface area contributed by atoms with Gasteiger partial charge in [0.2, 0.25) is 5.91 Å². The van der Waals surface area contributed by atoms with Crippen LogP contribution in [-0.4, -0.2) is 64.7 Å². The summed E-state index contributed by atoms with van der Waals surface area (Å²) in [4.78, 5) is 39.0. The Morgan fingerprint density at radius 1 is 1.00 bits per heavy atom. The zero-order valence-corrected chi connectivity index (χ0v) is 14.5. The summed E-state index contributed by atoms with van der Waals surface area (Å²) in [6.07, 6.45) is -0.375. The average Bonchev–Trinajstić information content (AvgIpc) is 2.99. The van der Waals surface area contributed by atoms with Crippen LogP contribution in [0.1, 0.15) is 34.6 Å². The molecule has 0 bridgehead atoms. The summed E-state index contributed by atoms with van der Waals surface area (Å²) in [5.74, 6) is -2.11. The molecular weight excluding hydrogens is 300 g/mol. The number of piperazine rings is 1. The fourth-order valence-corrected chi connectivity index (χ4v) is 3.19. The van der Waals surface area contributed by atoms with E-state index < -0.39 is 28.8 Å².